The number of hydrogen-bond acceptors (Lipinski definition) is 6. The van der Waals surface area contributed by atoms with Gasteiger partial charge in [0.2, 0.25) is 11.0 Å². The lowest BCUT2D eigenvalue weighted by molar-refractivity contribution is -0.122. The second kappa shape index (κ2) is 6.05. The Kier molecular flexibility index (Phi) is 3.90. The van der Waals surface area contributed by atoms with Gasteiger partial charge in [0.1, 0.15) is 0 Å². The van der Waals surface area contributed by atoms with Gasteiger partial charge in [-0.2, -0.15) is 0 Å². The standard InChI is InChI=1S/C16H20N4O2S/c17-13-9-3-1-4-10(13)8-11(7-9)14(21)18-16-20-19-15(23-16)12-5-2-6-22-12/h2,5-6,9-11,13H,1,3-4,7-8,17H2,(H,18,20,21). The normalized spacial score (nSPS) is 30.1. The number of rotatable bonds is 3. The number of nitrogens with zero attached hydrogens (tertiary/aromatic N) is 2. The van der Waals surface area contributed by atoms with Crippen LogP contribution in [-0.2, 0) is 4.79 Å². The van der Waals surface area contributed by atoms with Gasteiger partial charge in [-0.1, -0.05) is 17.8 Å². The van der Waals surface area contributed by atoms with Crippen molar-refractivity contribution in [3.8, 4) is 10.8 Å². The molecule has 2 aliphatic carbocycles. The van der Waals surface area contributed by atoms with Gasteiger partial charge in [0.25, 0.3) is 0 Å². The molecule has 0 aliphatic heterocycles. The van der Waals surface area contributed by atoms with Gasteiger partial charge < -0.3 is 15.5 Å². The molecule has 2 aromatic heterocycles. The maximum absolute atomic E-state index is 12.6. The highest BCUT2D eigenvalue weighted by molar-refractivity contribution is 7.18. The number of carbonyl (C=O) groups excluding carboxylic acids is 1. The quantitative estimate of drug-likeness (QED) is 0.901. The maximum Gasteiger partial charge on any atom is 0.229 e. The van der Waals surface area contributed by atoms with Crippen molar-refractivity contribution in [2.24, 2.45) is 23.5 Å². The maximum atomic E-state index is 12.6. The lowest BCUT2D eigenvalue weighted by Crippen LogP contribution is -2.48. The molecule has 122 valence electrons. The van der Waals surface area contributed by atoms with E-state index in [2.05, 4.69) is 15.5 Å². The highest BCUT2D eigenvalue weighted by Gasteiger charge is 2.40. The van der Waals surface area contributed by atoms with Gasteiger partial charge in [-0.15, -0.1) is 10.2 Å². The molecule has 2 heterocycles. The molecule has 23 heavy (non-hydrogen) atoms. The summed E-state index contributed by atoms with van der Waals surface area (Å²) in [4.78, 5) is 12.6. The fourth-order valence-corrected chi connectivity index (χ4v) is 4.70. The number of amides is 1. The summed E-state index contributed by atoms with van der Waals surface area (Å²) < 4.78 is 5.30. The average Bonchev–Trinajstić information content (AvgIpc) is 3.17. The van der Waals surface area contributed by atoms with Gasteiger partial charge in [-0.05, 0) is 49.7 Å². The topological polar surface area (TPSA) is 94.0 Å². The van der Waals surface area contributed by atoms with E-state index in [9.17, 15) is 4.79 Å². The third kappa shape index (κ3) is 2.90. The summed E-state index contributed by atoms with van der Waals surface area (Å²) in [5, 5.41) is 12.2. The molecular formula is C16H20N4O2S. The molecule has 6 nitrogen and oxygen atoms in total. The summed E-state index contributed by atoms with van der Waals surface area (Å²) in [5.41, 5.74) is 6.29. The van der Waals surface area contributed by atoms with E-state index >= 15 is 0 Å². The Morgan fingerprint density at radius 2 is 2.09 bits per heavy atom. The van der Waals surface area contributed by atoms with Crippen LogP contribution in [0.3, 0.4) is 0 Å². The number of nitrogens with two attached hydrogens (primary N) is 1. The Morgan fingerprint density at radius 3 is 2.78 bits per heavy atom. The number of nitrogens with one attached hydrogen (secondary N) is 1. The summed E-state index contributed by atoms with van der Waals surface area (Å²) in [6.07, 6.45) is 6.95. The van der Waals surface area contributed by atoms with Crippen molar-refractivity contribution in [1.29, 1.82) is 0 Å². The minimum atomic E-state index is 0.0427. The zero-order valence-electron chi connectivity index (χ0n) is 12.8. The molecule has 2 aliphatic rings. The van der Waals surface area contributed by atoms with Crippen LogP contribution in [0.4, 0.5) is 5.13 Å². The Balaban J connectivity index is 1.42. The second-order valence-corrected chi connectivity index (χ2v) is 7.55. The fraction of sp³-hybridized carbons (Fsp3) is 0.562. The molecule has 2 unspecified atom stereocenters. The molecule has 1 amide bonds. The molecule has 2 bridgehead atoms. The smallest absolute Gasteiger partial charge is 0.229 e. The monoisotopic (exact) mass is 332 g/mol. The molecule has 4 rings (SSSR count). The fourth-order valence-electron chi connectivity index (χ4n) is 3.98. The second-order valence-electron chi connectivity index (χ2n) is 6.58. The van der Waals surface area contributed by atoms with Crippen molar-refractivity contribution >= 4 is 22.4 Å². The Labute approximate surface area is 138 Å². The Bertz CT molecular complexity index is 670. The zero-order valence-corrected chi connectivity index (χ0v) is 13.6. The number of aromatic nitrogens is 2. The summed E-state index contributed by atoms with van der Waals surface area (Å²) in [5.74, 6) is 1.75. The average molecular weight is 332 g/mol. The highest BCUT2D eigenvalue weighted by Crippen LogP contribution is 2.42. The van der Waals surface area contributed by atoms with Crippen LogP contribution in [-0.4, -0.2) is 22.1 Å². The molecule has 0 saturated heterocycles. The first-order valence-electron chi connectivity index (χ1n) is 8.14. The van der Waals surface area contributed by atoms with Crippen LogP contribution in [0.15, 0.2) is 22.8 Å². The van der Waals surface area contributed by atoms with Crippen molar-refractivity contribution in [1.82, 2.24) is 10.2 Å². The molecule has 7 heteroatoms. The van der Waals surface area contributed by atoms with E-state index in [-0.39, 0.29) is 17.9 Å². The van der Waals surface area contributed by atoms with Crippen LogP contribution in [0.5, 0.6) is 0 Å². The van der Waals surface area contributed by atoms with E-state index in [1.54, 1.807) is 12.3 Å². The van der Waals surface area contributed by atoms with Gasteiger partial charge in [0.15, 0.2) is 10.8 Å². The van der Waals surface area contributed by atoms with E-state index in [4.69, 9.17) is 10.2 Å². The lowest BCUT2D eigenvalue weighted by atomic mass is 9.65. The molecule has 2 atom stereocenters. The molecule has 2 fully saturated rings. The van der Waals surface area contributed by atoms with Crippen LogP contribution in [0, 0.1) is 17.8 Å². The van der Waals surface area contributed by atoms with Gasteiger partial charge in [-0.3, -0.25) is 4.79 Å². The van der Waals surface area contributed by atoms with E-state index in [1.165, 1.54) is 17.8 Å². The van der Waals surface area contributed by atoms with Gasteiger partial charge >= 0.3 is 0 Å². The Hall–Kier alpha value is -1.73. The third-order valence-electron chi connectivity index (χ3n) is 5.17. The van der Waals surface area contributed by atoms with Crippen molar-refractivity contribution in [3.63, 3.8) is 0 Å². The van der Waals surface area contributed by atoms with Gasteiger partial charge in [0.05, 0.1) is 6.26 Å². The first-order valence-corrected chi connectivity index (χ1v) is 8.96. The first-order chi connectivity index (χ1) is 11.2. The van der Waals surface area contributed by atoms with Crippen LogP contribution >= 0.6 is 11.3 Å². The van der Waals surface area contributed by atoms with Crippen LogP contribution in [0.25, 0.3) is 10.8 Å². The minimum absolute atomic E-state index is 0.0427. The van der Waals surface area contributed by atoms with Crippen LogP contribution in [0.2, 0.25) is 0 Å². The minimum Gasteiger partial charge on any atom is -0.462 e. The molecule has 2 aromatic rings. The number of hydrogen-bond donors (Lipinski definition) is 2. The highest BCUT2D eigenvalue weighted by atomic mass is 32.1. The number of carbonyl (C=O) groups is 1. The predicted molar refractivity (Wildman–Crippen MR) is 87.8 cm³/mol. The number of anilines is 1. The number of fused-ring (bicyclic) bond motifs is 2. The van der Waals surface area contributed by atoms with Crippen molar-refractivity contribution in [2.45, 2.75) is 38.1 Å². The van der Waals surface area contributed by atoms with Gasteiger partial charge in [0, 0.05) is 12.0 Å². The lowest BCUT2D eigenvalue weighted by Gasteiger charge is -2.43. The Morgan fingerprint density at radius 1 is 1.30 bits per heavy atom. The summed E-state index contributed by atoms with van der Waals surface area (Å²) >= 11 is 1.33. The van der Waals surface area contributed by atoms with Gasteiger partial charge in [-0.25, -0.2) is 0 Å². The molecule has 0 spiro atoms. The molecular weight excluding hydrogens is 312 g/mol. The van der Waals surface area contributed by atoms with E-state index in [0.29, 0.717) is 27.7 Å². The van der Waals surface area contributed by atoms with E-state index in [1.807, 2.05) is 6.07 Å². The van der Waals surface area contributed by atoms with Crippen molar-refractivity contribution in [2.75, 3.05) is 5.32 Å². The predicted octanol–water partition coefficient (Wildman–Crippen LogP) is 2.89. The molecule has 2 saturated carbocycles. The van der Waals surface area contributed by atoms with Crippen LogP contribution < -0.4 is 11.1 Å². The SMILES string of the molecule is NC1C2CCCC1CC(C(=O)Nc1nnc(-c3ccco3)s1)C2. The molecule has 0 radical (unpaired) electrons. The number of furan rings is 1. The van der Waals surface area contributed by atoms with Crippen molar-refractivity contribution in [3.05, 3.63) is 18.4 Å². The molecule has 3 N–H and O–H groups in total. The van der Waals surface area contributed by atoms with Crippen molar-refractivity contribution < 1.29 is 9.21 Å². The third-order valence-corrected chi connectivity index (χ3v) is 6.02. The largest absolute Gasteiger partial charge is 0.462 e. The molecule has 0 aromatic carbocycles. The zero-order chi connectivity index (χ0) is 15.8. The van der Waals surface area contributed by atoms with E-state index < -0.39 is 0 Å². The van der Waals surface area contributed by atoms with E-state index in [0.717, 1.165) is 25.7 Å². The first kappa shape index (κ1) is 14.8. The van der Waals surface area contributed by atoms with Crippen LogP contribution in [0.1, 0.15) is 32.1 Å². The summed E-state index contributed by atoms with van der Waals surface area (Å²) in [6.45, 7) is 0. The summed E-state index contributed by atoms with van der Waals surface area (Å²) in [6, 6.07) is 3.91. The summed E-state index contributed by atoms with van der Waals surface area (Å²) in [7, 11) is 0.